The first-order chi connectivity index (χ1) is 14.7. The SMILES string of the molecule is CC(C)(c1cc(F)cc(-c2[c-]cc(F)nc2)n1)c1cc(F)cc(-c2[c-]cc(F)nc2)n1.[Pt+2]. The standard InChI is InChI=1S/C23H14F4N4.Pt/c1-23(2,19-9-15(24)7-17(30-19)13-3-5-21(26)28-11-13)20-10-16(25)8-18(31-20)14-4-6-22(27)29-12-14;/h5-12H,1-2H3;/q-2;+2. The van der Waals surface area contributed by atoms with E-state index in [-0.39, 0.29) is 43.8 Å². The number of hydrogen-bond acceptors (Lipinski definition) is 4. The Morgan fingerprint density at radius 1 is 0.688 bits per heavy atom. The zero-order chi connectivity index (χ0) is 22.2. The first-order valence-corrected chi connectivity index (χ1v) is 9.16. The van der Waals surface area contributed by atoms with Gasteiger partial charge in [0.1, 0.15) is 23.5 Å². The van der Waals surface area contributed by atoms with Gasteiger partial charge in [-0.15, -0.1) is 23.3 Å². The van der Waals surface area contributed by atoms with Crippen LogP contribution in [-0.2, 0) is 26.5 Å². The van der Waals surface area contributed by atoms with Crippen molar-refractivity contribution in [3.8, 4) is 22.5 Å². The van der Waals surface area contributed by atoms with Gasteiger partial charge < -0.3 is 19.9 Å². The van der Waals surface area contributed by atoms with Gasteiger partial charge in [0.25, 0.3) is 0 Å². The molecule has 0 N–H and O–H groups in total. The maximum Gasteiger partial charge on any atom is 2.00 e. The molecule has 0 amide bonds. The molecular formula is C23H14F4N4Pt. The topological polar surface area (TPSA) is 51.6 Å². The van der Waals surface area contributed by atoms with Gasteiger partial charge >= 0.3 is 21.1 Å². The molecule has 0 radical (unpaired) electrons. The summed E-state index contributed by atoms with van der Waals surface area (Å²) in [5, 5.41) is 0. The summed E-state index contributed by atoms with van der Waals surface area (Å²) in [6, 6.07) is 12.2. The summed E-state index contributed by atoms with van der Waals surface area (Å²) < 4.78 is 55.0. The van der Waals surface area contributed by atoms with Gasteiger partial charge in [0.2, 0.25) is 0 Å². The number of nitrogens with zero attached hydrogens (tertiary/aromatic N) is 4. The number of pyridine rings is 4. The maximum absolute atomic E-state index is 14.4. The molecule has 0 aliphatic rings. The Morgan fingerprint density at radius 2 is 1.09 bits per heavy atom. The largest absolute Gasteiger partial charge is 2.00 e. The van der Waals surface area contributed by atoms with E-state index in [1.807, 2.05) is 0 Å². The van der Waals surface area contributed by atoms with Crippen molar-refractivity contribution in [1.29, 1.82) is 0 Å². The summed E-state index contributed by atoms with van der Waals surface area (Å²) in [5.74, 6) is -2.61. The fourth-order valence-electron chi connectivity index (χ4n) is 3.00. The van der Waals surface area contributed by atoms with Crippen molar-refractivity contribution in [1.82, 2.24) is 19.9 Å². The van der Waals surface area contributed by atoms with E-state index in [0.29, 0.717) is 11.1 Å². The average molecular weight is 617 g/mol. The summed E-state index contributed by atoms with van der Waals surface area (Å²) >= 11 is 0. The smallest absolute Gasteiger partial charge is 0.326 e. The van der Waals surface area contributed by atoms with E-state index >= 15 is 0 Å². The Labute approximate surface area is 196 Å². The minimum absolute atomic E-state index is 0. The molecule has 0 spiro atoms. The molecule has 0 saturated carbocycles. The van der Waals surface area contributed by atoms with E-state index in [1.54, 1.807) is 13.8 Å². The molecule has 0 unspecified atom stereocenters. The second-order valence-corrected chi connectivity index (χ2v) is 7.30. The molecule has 0 saturated heterocycles. The van der Waals surface area contributed by atoms with Gasteiger partial charge in [0.05, 0.1) is 0 Å². The van der Waals surface area contributed by atoms with Gasteiger partial charge in [-0.1, -0.05) is 24.5 Å². The molecule has 4 nitrogen and oxygen atoms in total. The Balaban J connectivity index is 0.00000289. The Hall–Kier alpha value is -2.99. The second-order valence-electron chi connectivity index (χ2n) is 7.30. The molecule has 4 aromatic rings. The summed E-state index contributed by atoms with van der Waals surface area (Å²) in [4.78, 5) is 16.0. The molecule has 0 aliphatic carbocycles. The van der Waals surface area contributed by atoms with E-state index < -0.39 is 28.9 Å². The van der Waals surface area contributed by atoms with Gasteiger partial charge in [0, 0.05) is 16.8 Å². The second kappa shape index (κ2) is 9.25. The maximum atomic E-state index is 14.4. The van der Waals surface area contributed by atoms with Crippen molar-refractivity contribution in [2.45, 2.75) is 19.3 Å². The van der Waals surface area contributed by atoms with Crippen molar-refractivity contribution < 1.29 is 38.6 Å². The van der Waals surface area contributed by atoms with Crippen LogP contribution in [0.2, 0.25) is 0 Å². The molecule has 0 aromatic carbocycles. The van der Waals surface area contributed by atoms with Crippen LogP contribution in [0.1, 0.15) is 25.2 Å². The molecule has 0 fully saturated rings. The molecule has 4 aromatic heterocycles. The molecule has 4 heterocycles. The Bertz CT molecular complexity index is 1150. The van der Waals surface area contributed by atoms with Crippen LogP contribution < -0.4 is 0 Å². The predicted octanol–water partition coefficient (Wildman–Crippen LogP) is 5.08. The molecular weight excluding hydrogens is 603 g/mol. The van der Waals surface area contributed by atoms with Crippen LogP contribution in [0.25, 0.3) is 22.5 Å². The van der Waals surface area contributed by atoms with Gasteiger partial charge in [-0.25, -0.2) is 17.6 Å². The number of rotatable bonds is 4. The van der Waals surface area contributed by atoms with Gasteiger partial charge in [0.15, 0.2) is 0 Å². The summed E-state index contributed by atoms with van der Waals surface area (Å²) in [7, 11) is 0. The van der Waals surface area contributed by atoms with Crippen molar-refractivity contribution in [3.63, 3.8) is 0 Å². The molecule has 0 bridgehead atoms. The molecule has 0 atom stereocenters. The molecule has 4 rings (SSSR count). The van der Waals surface area contributed by atoms with Crippen LogP contribution in [0.4, 0.5) is 17.6 Å². The normalized spacial score (nSPS) is 11.2. The third kappa shape index (κ3) is 4.91. The predicted molar refractivity (Wildman–Crippen MR) is 105 cm³/mol. The van der Waals surface area contributed by atoms with E-state index in [1.165, 1.54) is 36.7 Å². The molecule has 32 heavy (non-hydrogen) atoms. The van der Waals surface area contributed by atoms with E-state index in [4.69, 9.17) is 0 Å². The summed E-state index contributed by atoms with van der Waals surface area (Å²) in [6.07, 6.45) is 2.40. The van der Waals surface area contributed by atoms with Crippen LogP contribution in [0.15, 0.2) is 48.8 Å². The summed E-state index contributed by atoms with van der Waals surface area (Å²) in [6.45, 7) is 3.42. The van der Waals surface area contributed by atoms with Crippen molar-refractivity contribution in [2.75, 3.05) is 0 Å². The van der Waals surface area contributed by atoms with E-state index in [0.717, 1.165) is 12.1 Å². The number of halogens is 4. The van der Waals surface area contributed by atoms with Gasteiger partial charge in [-0.3, -0.25) is 0 Å². The first-order valence-electron chi connectivity index (χ1n) is 9.16. The average Bonchev–Trinajstić information content (AvgIpc) is 2.74. The Morgan fingerprint density at radius 3 is 1.44 bits per heavy atom. The van der Waals surface area contributed by atoms with Crippen LogP contribution >= 0.6 is 0 Å². The third-order valence-corrected chi connectivity index (χ3v) is 4.74. The fraction of sp³-hybridized carbons (Fsp3) is 0.130. The van der Waals surface area contributed by atoms with Crippen LogP contribution in [0.5, 0.6) is 0 Å². The van der Waals surface area contributed by atoms with Crippen molar-refractivity contribution in [2.24, 2.45) is 0 Å². The third-order valence-electron chi connectivity index (χ3n) is 4.74. The van der Waals surface area contributed by atoms with Crippen LogP contribution in [0.3, 0.4) is 0 Å². The first kappa shape index (κ1) is 23.7. The number of aromatic nitrogens is 4. The van der Waals surface area contributed by atoms with E-state index in [9.17, 15) is 17.6 Å². The monoisotopic (exact) mass is 617 g/mol. The number of hydrogen-bond donors (Lipinski definition) is 0. The molecule has 9 heteroatoms. The van der Waals surface area contributed by atoms with Crippen LogP contribution in [-0.4, -0.2) is 19.9 Å². The minimum Gasteiger partial charge on any atom is -0.326 e. The van der Waals surface area contributed by atoms with Crippen LogP contribution in [0, 0.1) is 35.7 Å². The quantitative estimate of drug-likeness (QED) is 0.182. The van der Waals surface area contributed by atoms with Gasteiger partial charge in [-0.05, 0) is 49.5 Å². The fourth-order valence-corrected chi connectivity index (χ4v) is 3.00. The molecule has 0 aliphatic heterocycles. The van der Waals surface area contributed by atoms with Gasteiger partial charge in [-0.2, -0.15) is 0 Å². The minimum atomic E-state index is -1.02. The summed E-state index contributed by atoms with van der Waals surface area (Å²) in [5.41, 5.74) is 0.521. The Kier molecular flexibility index (Phi) is 6.84. The zero-order valence-electron chi connectivity index (χ0n) is 16.7. The van der Waals surface area contributed by atoms with Crippen molar-refractivity contribution in [3.05, 3.63) is 95.8 Å². The molecule has 164 valence electrons. The van der Waals surface area contributed by atoms with Crippen molar-refractivity contribution >= 4 is 0 Å². The van der Waals surface area contributed by atoms with E-state index in [2.05, 4.69) is 32.1 Å². The zero-order valence-corrected chi connectivity index (χ0v) is 19.0.